The predicted molar refractivity (Wildman–Crippen MR) is 50.8 cm³/mol. The minimum absolute atomic E-state index is 0.258. The van der Waals surface area contributed by atoms with E-state index in [4.69, 9.17) is 10.8 Å². The second kappa shape index (κ2) is 2.82. The molecule has 4 heteroatoms. The first-order valence-corrected chi connectivity index (χ1v) is 5.12. The third kappa shape index (κ3) is 1.26. The maximum Gasteiger partial charge on any atom is 0.321 e. The van der Waals surface area contributed by atoms with E-state index in [9.17, 15) is 4.79 Å². The summed E-state index contributed by atoms with van der Waals surface area (Å²) in [5.74, 6) is -0.899. The highest BCUT2D eigenvalue weighted by Crippen LogP contribution is 2.50. The van der Waals surface area contributed by atoms with Crippen LogP contribution in [0.25, 0.3) is 0 Å². The summed E-state index contributed by atoms with van der Waals surface area (Å²) >= 11 is 1.59. The molecule has 1 aliphatic carbocycles. The molecule has 1 heterocycles. The van der Waals surface area contributed by atoms with E-state index in [0.717, 1.165) is 18.4 Å². The van der Waals surface area contributed by atoms with Crippen LogP contribution in [0.15, 0.2) is 16.8 Å². The van der Waals surface area contributed by atoms with Gasteiger partial charge >= 0.3 is 5.97 Å². The van der Waals surface area contributed by atoms with Crippen LogP contribution in [0.2, 0.25) is 0 Å². The van der Waals surface area contributed by atoms with Crippen LogP contribution in [0.5, 0.6) is 0 Å². The smallest absolute Gasteiger partial charge is 0.321 e. The number of carboxylic acids is 1. The summed E-state index contributed by atoms with van der Waals surface area (Å²) in [5.41, 5.74) is 6.49. The molecule has 0 aliphatic heterocycles. The first-order chi connectivity index (χ1) is 6.17. The van der Waals surface area contributed by atoms with Gasteiger partial charge in [-0.25, -0.2) is 0 Å². The minimum Gasteiger partial charge on any atom is -0.480 e. The Hall–Kier alpha value is -0.870. The molecule has 2 rings (SSSR count). The second-order valence-electron chi connectivity index (χ2n) is 3.48. The highest BCUT2D eigenvalue weighted by Gasteiger charge is 2.52. The molecule has 1 saturated carbocycles. The molecule has 1 atom stereocenters. The van der Waals surface area contributed by atoms with Crippen LogP contribution in [0.1, 0.15) is 18.4 Å². The molecule has 1 aromatic rings. The second-order valence-corrected chi connectivity index (χ2v) is 4.26. The van der Waals surface area contributed by atoms with Crippen LogP contribution in [0, 0.1) is 0 Å². The van der Waals surface area contributed by atoms with Crippen molar-refractivity contribution in [2.45, 2.75) is 24.3 Å². The zero-order chi connectivity index (χ0) is 9.47. The molecule has 1 aliphatic rings. The van der Waals surface area contributed by atoms with Crippen molar-refractivity contribution in [1.82, 2.24) is 0 Å². The first-order valence-electron chi connectivity index (χ1n) is 4.18. The number of thiophene rings is 1. The fourth-order valence-corrected chi connectivity index (χ4v) is 2.46. The van der Waals surface area contributed by atoms with E-state index >= 15 is 0 Å². The lowest BCUT2D eigenvalue weighted by Gasteiger charge is -2.18. The highest BCUT2D eigenvalue weighted by atomic mass is 32.1. The van der Waals surface area contributed by atoms with Gasteiger partial charge in [0.15, 0.2) is 0 Å². The van der Waals surface area contributed by atoms with E-state index in [-0.39, 0.29) is 5.41 Å². The zero-order valence-electron chi connectivity index (χ0n) is 7.06. The van der Waals surface area contributed by atoms with Crippen molar-refractivity contribution < 1.29 is 9.90 Å². The van der Waals surface area contributed by atoms with Gasteiger partial charge in [0.25, 0.3) is 0 Å². The van der Waals surface area contributed by atoms with Crippen molar-refractivity contribution in [3.8, 4) is 0 Å². The third-order valence-electron chi connectivity index (χ3n) is 2.75. The van der Waals surface area contributed by atoms with Crippen LogP contribution in [-0.2, 0) is 10.2 Å². The molecule has 1 fully saturated rings. The largest absolute Gasteiger partial charge is 0.480 e. The van der Waals surface area contributed by atoms with Gasteiger partial charge in [0.1, 0.15) is 6.04 Å². The maximum absolute atomic E-state index is 10.8. The van der Waals surface area contributed by atoms with Gasteiger partial charge in [0, 0.05) is 5.41 Å². The van der Waals surface area contributed by atoms with Gasteiger partial charge in [0.2, 0.25) is 0 Å². The summed E-state index contributed by atoms with van der Waals surface area (Å²) in [7, 11) is 0. The van der Waals surface area contributed by atoms with Crippen LogP contribution >= 0.6 is 11.3 Å². The molecule has 13 heavy (non-hydrogen) atoms. The van der Waals surface area contributed by atoms with Gasteiger partial charge in [0.05, 0.1) is 0 Å². The number of aliphatic carboxylic acids is 1. The normalized spacial score (nSPS) is 21.0. The molecule has 0 radical (unpaired) electrons. The summed E-state index contributed by atoms with van der Waals surface area (Å²) in [6.07, 6.45) is 1.80. The SMILES string of the molecule is NC(C(=O)O)C1(c2ccsc2)CC1. The van der Waals surface area contributed by atoms with Crippen LogP contribution in [0.4, 0.5) is 0 Å². The first kappa shape index (κ1) is 8.72. The lowest BCUT2D eigenvalue weighted by molar-refractivity contribution is -0.139. The van der Waals surface area contributed by atoms with Crippen molar-refractivity contribution in [1.29, 1.82) is 0 Å². The van der Waals surface area contributed by atoms with Crippen LogP contribution < -0.4 is 5.73 Å². The lowest BCUT2D eigenvalue weighted by atomic mass is 9.91. The molecule has 0 amide bonds. The van der Waals surface area contributed by atoms with E-state index in [1.54, 1.807) is 11.3 Å². The number of nitrogens with two attached hydrogens (primary N) is 1. The molecule has 3 N–H and O–H groups in total. The molecule has 70 valence electrons. The summed E-state index contributed by atoms with van der Waals surface area (Å²) in [5, 5.41) is 12.8. The third-order valence-corrected chi connectivity index (χ3v) is 3.43. The van der Waals surface area contributed by atoms with E-state index in [0.29, 0.717) is 0 Å². The Balaban J connectivity index is 2.27. The van der Waals surface area contributed by atoms with Gasteiger partial charge in [-0.3, -0.25) is 4.79 Å². The van der Waals surface area contributed by atoms with Gasteiger partial charge in [-0.2, -0.15) is 11.3 Å². The standard InChI is InChI=1S/C9H11NO2S/c10-7(8(11)12)9(2-3-9)6-1-4-13-5-6/h1,4-5,7H,2-3,10H2,(H,11,12). The molecule has 1 aromatic heterocycles. The van der Waals surface area contributed by atoms with Gasteiger partial charge in [-0.15, -0.1) is 0 Å². The number of hydrogen-bond acceptors (Lipinski definition) is 3. The van der Waals surface area contributed by atoms with Crippen molar-refractivity contribution in [3.63, 3.8) is 0 Å². The Bertz CT molecular complexity index is 316. The monoisotopic (exact) mass is 197 g/mol. The Morgan fingerprint density at radius 1 is 1.69 bits per heavy atom. The fraction of sp³-hybridized carbons (Fsp3) is 0.444. The van der Waals surface area contributed by atoms with Gasteiger partial charge in [-0.1, -0.05) is 0 Å². The predicted octanol–water partition coefficient (Wildman–Crippen LogP) is 1.19. The maximum atomic E-state index is 10.8. The Labute approximate surface area is 80.2 Å². The summed E-state index contributed by atoms with van der Waals surface area (Å²) < 4.78 is 0. The molecule has 0 aromatic carbocycles. The average Bonchev–Trinajstić information content (AvgIpc) is 2.72. The van der Waals surface area contributed by atoms with Crippen molar-refractivity contribution >= 4 is 17.3 Å². The zero-order valence-corrected chi connectivity index (χ0v) is 7.88. The lowest BCUT2D eigenvalue weighted by Crippen LogP contribution is -2.41. The van der Waals surface area contributed by atoms with Crippen LogP contribution in [0.3, 0.4) is 0 Å². The molecule has 0 bridgehead atoms. The average molecular weight is 197 g/mol. The van der Waals surface area contributed by atoms with E-state index in [2.05, 4.69) is 0 Å². The molecule has 0 saturated heterocycles. The molecular formula is C9H11NO2S. The Morgan fingerprint density at radius 3 is 2.77 bits per heavy atom. The van der Waals surface area contributed by atoms with E-state index < -0.39 is 12.0 Å². The fourth-order valence-electron chi connectivity index (χ4n) is 1.70. The number of carbonyl (C=O) groups is 1. The quantitative estimate of drug-likeness (QED) is 0.765. The van der Waals surface area contributed by atoms with Crippen molar-refractivity contribution in [3.05, 3.63) is 22.4 Å². The molecule has 1 unspecified atom stereocenters. The summed E-state index contributed by atoms with van der Waals surface area (Å²) in [6, 6.07) is 1.22. The van der Waals surface area contributed by atoms with Gasteiger partial charge in [-0.05, 0) is 35.2 Å². The highest BCUT2D eigenvalue weighted by molar-refractivity contribution is 7.08. The summed E-state index contributed by atoms with van der Waals surface area (Å²) in [4.78, 5) is 10.8. The number of carboxylic acid groups (broad SMARTS) is 1. The Morgan fingerprint density at radius 2 is 2.38 bits per heavy atom. The van der Waals surface area contributed by atoms with E-state index in [1.807, 2.05) is 16.8 Å². The Kier molecular flexibility index (Phi) is 1.89. The number of hydrogen-bond donors (Lipinski definition) is 2. The number of rotatable bonds is 3. The topological polar surface area (TPSA) is 63.3 Å². The van der Waals surface area contributed by atoms with E-state index in [1.165, 1.54) is 0 Å². The van der Waals surface area contributed by atoms with Gasteiger partial charge < -0.3 is 10.8 Å². The van der Waals surface area contributed by atoms with Crippen LogP contribution in [-0.4, -0.2) is 17.1 Å². The minimum atomic E-state index is -0.899. The van der Waals surface area contributed by atoms with Crippen molar-refractivity contribution in [2.75, 3.05) is 0 Å². The molecular weight excluding hydrogens is 186 g/mol. The molecule has 3 nitrogen and oxygen atoms in total. The molecule has 0 spiro atoms. The summed E-state index contributed by atoms with van der Waals surface area (Å²) in [6.45, 7) is 0. The van der Waals surface area contributed by atoms with Crippen molar-refractivity contribution in [2.24, 2.45) is 5.73 Å².